The summed E-state index contributed by atoms with van der Waals surface area (Å²) in [6.45, 7) is 1.85. The number of phenols is 1. The van der Waals surface area contributed by atoms with E-state index in [0.717, 1.165) is 28.2 Å². The molecule has 1 aliphatic rings. The van der Waals surface area contributed by atoms with Crippen LogP contribution in [-0.2, 0) is 0 Å². The number of phenolic OH excluding ortho intramolecular Hbond substituents is 1. The number of fused-ring (bicyclic) bond motifs is 1. The van der Waals surface area contributed by atoms with Crippen molar-refractivity contribution in [2.24, 2.45) is 0 Å². The number of ether oxygens (including phenoxy) is 1. The van der Waals surface area contributed by atoms with Crippen LogP contribution in [0.4, 0.5) is 0 Å². The molecule has 0 atom stereocenters. The van der Waals surface area contributed by atoms with Crippen LogP contribution in [-0.4, -0.2) is 5.11 Å². The Kier molecular flexibility index (Phi) is 2.15. The van der Waals surface area contributed by atoms with Crippen molar-refractivity contribution < 1.29 is 9.84 Å². The van der Waals surface area contributed by atoms with Crippen LogP contribution >= 0.6 is 0 Å². The SMILES string of the molecule is Cc1c(O)cc(/C=C/c2ccccc2)c2c1O2. The second-order valence-electron chi connectivity index (χ2n) is 4.11. The number of benzene rings is 2. The molecule has 0 unspecified atom stereocenters. The van der Waals surface area contributed by atoms with E-state index in [4.69, 9.17) is 4.74 Å². The van der Waals surface area contributed by atoms with Gasteiger partial charge < -0.3 is 9.84 Å². The Balaban J connectivity index is 1.93. The Bertz CT molecular complexity index is 594. The first-order valence-corrected chi connectivity index (χ1v) is 5.53. The molecule has 17 heavy (non-hydrogen) atoms. The average Bonchev–Trinajstić information content (AvgIpc) is 3.14. The van der Waals surface area contributed by atoms with Gasteiger partial charge in [0, 0.05) is 11.1 Å². The molecule has 0 saturated carbocycles. The van der Waals surface area contributed by atoms with Gasteiger partial charge in [-0.25, -0.2) is 0 Å². The average molecular weight is 224 g/mol. The minimum absolute atomic E-state index is 0.286. The molecule has 84 valence electrons. The molecule has 0 aromatic heterocycles. The van der Waals surface area contributed by atoms with Gasteiger partial charge in [-0.05, 0) is 18.6 Å². The van der Waals surface area contributed by atoms with Gasteiger partial charge in [-0.2, -0.15) is 0 Å². The molecule has 0 bridgehead atoms. The lowest BCUT2D eigenvalue weighted by molar-refractivity contribution is 0.470. The summed E-state index contributed by atoms with van der Waals surface area (Å²) in [7, 11) is 0. The molecule has 3 rings (SSSR count). The summed E-state index contributed by atoms with van der Waals surface area (Å²) >= 11 is 0. The molecule has 0 spiro atoms. The van der Waals surface area contributed by atoms with E-state index in [9.17, 15) is 5.11 Å². The Morgan fingerprint density at radius 3 is 2.59 bits per heavy atom. The normalized spacial score (nSPS) is 12.3. The fourth-order valence-corrected chi connectivity index (χ4v) is 1.82. The predicted octanol–water partition coefficient (Wildman–Crippen LogP) is 3.98. The van der Waals surface area contributed by atoms with Crippen LogP contribution in [0.3, 0.4) is 0 Å². The van der Waals surface area contributed by atoms with E-state index in [1.807, 2.05) is 49.4 Å². The van der Waals surface area contributed by atoms with E-state index < -0.39 is 0 Å². The lowest BCUT2D eigenvalue weighted by Gasteiger charge is -1.95. The molecule has 2 aromatic rings. The van der Waals surface area contributed by atoms with Gasteiger partial charge in [0.1, 0.15) is 5.75 Å². The summed E-state index contributed by atoms with van der Waals surface area (Å²) in [4.78, 5) is 0. The lowest BCUT2D eigenvalue weighted by atomic mass is 10.1. The fraction of sp³-hybridized carbons (Fsp3) is 0.0667. The molecule has 0 fully saturated rings. The lowest BCUT2D eigenvalue weighted by Crippen LogP contribution is -1.72. The summed E-state index contributed by atoms with van der Waals surface area (Å²) in [6.07, 6.45) is 3.96. The van der Waals surface area contributed by atoms with Crippen LogP contribution in [0.25, 0.3) is 12.2 Å². The van der Waals surface area contributed by atoms with Gasteiger partial charge in [0.15, 0.2) is 11.5 Å². The van der Waals surface area contributed by atoms with Gasteiger partial charge in [0.2, 0.25) is 0 Å². The Morgan fingerprint density at radius 1 is 1.06 bits per heavy atom. The van der Waals surface area contributed by atoms with Gasteiger partial charge in [-0.1, -0.05) is 42.5 Å². The van der Waals surface area contributed by atoms with Crippen LogP contribution in [0, 0.1) is 6.92 Å². The van der Waals surface area contributed by atoms with Gasteiger partial charge >= 0.3 is 0 Å². The Hall–Kier alpha value is -2.22. The zero-order valence-corrected chi connectivity index (χ0v) is 9.47. The second kappa shape index (κ2) is 3.67. The summed E-state index contributed by atoms with van der Waals surface area (Å²) in [5.74, 6) is 1.99. The molecular weight excluding hydrogens is 212 g/mol. The highest BCUT2D eigenvalue weighted by Crippen LogP contribution is 2.54. The zero-order valence-electron chi connectivity index (χ0n) is 9.47. The molecule has 0 amide bonds. The Morgan fingerprint density at radius 2 is 1.82 bits per heavy atom. The minimum Gasteiger partial charge on any atom is -0.508 e. The molecule has 0 saturated heterocycles. The molecule has 2 nitrogen and oxygen atoms in total. The summed E-state index contributed by atoms with van der Waals surface area (Å²) in [5.41, 5.74) is 2.87. The number of hydrogen-bond acceptors (Lipinski definition) is 2. The third-order valence-electron chi connectivity index (χ3n) is 2.90. The van der Waals surface area contributed by atoms with E-state index >= 15 is 0 Å². The first-order chi connectivity index (χ1) is 8.25. The van der Waals surface area contributed by atoms with Gasteiger partial charge in [0.05, 0.1) is 0 Å². The topological polar surface area (TPSA) is 32.8 Å². The van der Waals surface area contributed by atoms with Crippen molar-refractivity contribution in [3.8, 4) is 17.2 Å². The second-order valence-corrected chi connectivity index (χ2v) is 4.11. The molecule has 1 aliphatic heterocycles. The maximum atomic E-state index is 9.70. The monoisotopic (exact) mass is 224 g/mol. The van der Waals surface area contributed by atoms with Crippen molar-refractivity contribution in [2.45, 2.75) is 6.92 Å². The van der Waals surface area contributed by atoms with E-state index in [2.05, 4.69) is 0 Å². The van der Waals surface area contributed by atoms with Crippen molar-refractivity contribution >= 4 is 12.2 Å². The first-order valence-electron chi connectivity index (χ1n) is 5.53. The van der Waals surface area contributed by atoms with Crippen molar-refractivity contribution in [3.63, 3.8) is 0 Å². The molecule has 1 heterocycles. The molecule has 0 radical (unpaired) electrons. The van der Waals surface area contributed by atoms with Gasteiger partial charge in [-0.15, -0.1) is 0 Å². The van der Waals surface area contributed by atoms with Crippen LogP contribution in [0.1, 0.15) is 16.7 Å². The number of rotatable bonds is 2. The first kappa shape index (κ1) is 9.97. The van der Waals surface area contributed by atoms with Crippen molar-refractivity contribution in [3.05, 3.63) is 53.1 Å². The highest BCUT2D eigenvalue weighted by Gasteiger charge is 2.28. The highest BCUT2D eigenvalue weighted by atomic mass is 16.6. The molecule has 0 aliphatic carbocycles. The predicted molar refractivity (Wildman–Crippen MR) is 68.3 cm³/mol. The quantitative estimate of drug-likeness (QED) is 0.527. The van der Waals surface area contributed by atoms with Crippen LogP contribution < -0.4 is 4.74 Å². The van der Waals surface area contributed by atoms with Gasteiger partial charge in [0.25, 0.3) is 0 Å². The molecular formula is C15H12O2. The van der Waals surface area contributed by atoms with Crippen LogP contribution in [0.15, 0.2) is 36.4 Å². The fourth-order valence-electron chi connectivity index (χ4n) is 1.82. The third kappa shape index (κ3) is 1.78. The largest absolute Gasteiger partial charge is 0.508 e. The van der Waals surface area contributed by atoms with Gasteiger partial charge in [-0.3, -0.25) is 0 Å². The van der Waals surface area contributed by atoms with E-state index in [-0.39, 0.29) is 5.75 Å². The van der Waals surface area contributed by atoms with Crippen molar-refractivity contribution in [1.82, 2.24) is 0 Å². The summed E-state index contributed by atoms with van der Waals surface area (Å²) < 4.78 is 5.36. The molecule has 1 N–H and O–H groups in total. The summed E-state index contributed by atoms with van der Waals surface area (Å²) in [6, 6.07) is 11.8. The van der Waals surface area contributed by atoms with Crippen molar-refractivity contribution in [1.29, 1.82) is 0 Å². The van der Waals surface area contributed by atoms with Crippen molar-refractivity contribution in [2.75, 3.05) is 0 Å². The standard InChI is InChI=1S/C15H12O2/c1-10-13(16)9-12(15-14(10)17-15)8-7-11-5-3-2-4-6-11/h2-9,16H,1H3/b8-7+. The maximum absolute atomic E-state index is 9.70. The van der Waals surface area contributed by atoms with E-state index in [1.165, 1.54) is 0 Å². The van der Waals surface area contributed by atoms with Crippen LogP contribution in [0.2, 0.25) is 0 Å². The van der Waals surface area contributed by atoms with Crippen LogP contribution in [0.5, 0.6) is 17.2 Å². The maximum Gasteiger partial charge on any atom is 0.177 e. The number of aromatic hydroxyl groups is 1. The minimum atomic E-state index is 0.286. The third-order valence-corrected chi connectivity index (χ3v) is 2.90. The molecule has 2 heteroatoms. The zero-order chi connectivity index (χ0) is 11.8. The highest BCUT2D eigenvalue weighted by molar-refractivity contribution is 5.80. The van der Waals surface area contributed by atoms with E-state index in [1.54, 1.807) is 6.07 Å². The Labute approximate surface area is 99.8 Å². The molecule has 2 aromatic carbocycles. The number of hydrogen-bond donors (Lipinski definition) is 1. The van der Waals surface area contributed by atoms with E-state index in [0.29, 0.717) is 0 Å². The summed E-state index contributed by atoms with van der Waals surface area (Å²) in [5, 5.41) is 9.70. The smallest absolute Gasteiger partial charge is 0.177 e.